The van der Waals surface area contributed by atoms with Crippen molar-refractivity contribution in [3.05, 3.63) is 72.3 Å². The molecule has 1 N–H and O–H groups in total. The SMILES string of the molecule is CCCCCCOc1ccc(N2CCN(c3ccc(C(=O)Oc4cccc5[nH]nnc45)cc3)CC2)cc1. The standard InChI is InChI=1S/C29H33N5O3/c1-2-3-4-5-21-36-25-15-13-24(14-16-25)34-19-17-33(18-20-34)23-11-9-22(10-12-23)29(35)37-27-8-6-7-26-28(27)31-32-30-26/h6-16H,2-5,17-21H2,1H3,(H,30,31,32). The van der Waals surface area contributed by atoms with Crippen LogP contribution in [-0.4, -0.2) is 54.2 Å². The molecular formula is C29H33N5O3. The van der Waals surface area contributed by atoms with Crippen LogP contribution in [0.5, 0.6) is 11.5 Å². The second-order valence-corrected chi connectivity index (χ2v) is 9.28. The Morgan fingerprint density at radius 2 is 1.54 bits per heavy atom. The predicted octanol–water partition coefficient (Wildman–Crippen LogP) is 5.46. The molecule has 192 valence electrons. The van der Waals surface area contributed by atoms with E-state index in [1.54, 1.807) is 12.1 Å². The van der Waals surface area contributed by atoms with E-state index < -0.39 is 5.97 Å². The van der Waals surface area contributed by atoms with Crippen LogP contribution in [0, 0.1) is 0 Å². The average molecular weight is 500 g/mol. The van der Waals surface area contributed by atoms with Gasteiger partial charge in [0.1, 0.15) is 5.75 Å². The molecule has 0 spiro atoms. The number of nitrogens with one attached hydrogen (secondary N) is 1. The highest BCUT2D eigenvalue weighted by Crippen LogP contribution is 2.25. The number of unbranched alkanes of at least 4 members (excludes halogenated alkanes) is 3. The van der Waals surface area contributed by atoms with Gasteiger partial charge in [0.05, 0.1) is 17.7 Å². The summed E-state index contributed by atoms with van der Waals surface area (Å²) in [7, 11) is 0. The lowest BCUT2D eigenvalue weighted by atomic mass is 10.1. The van der Waals surface area contributed by atoms with Gasteiger partial charge in [-0.1, -0.05) is 37.5 Å². The number of carbonyl (C=O) groups is 1. The third-order valence-corrected chi connectivity index (χ3v) is 6.74. The van der Waals surface area contributed by atoms with Gasteiger partial charge in [0.2, 0.25) is 0 Å². The van der Waals surface area contributed by atoms with Gasteiger partial charge in [0.25, 0.3) is 0 Å². The van der Waals surface area contributed by atoms with E-state index in [0.29, 0.717) is 16.8 Å². The second kappa shape index (κ2) is 11.8. The van der Waals surface area contributed by atoms with Crippen molar-refractivity contribution in [2.75, 3.05) is 42.6 Å². The molecule has 0 saturated carbocycles. The Morgan fingerprint density at radius 1 is 0.865 bits per heavy atom. The highest BCUT2D eigenvalue weighted by atomic mass is 16.5. The summed E-state index contributed by atoms with van der Waals surface area (Å²) in [6, 6.07) is 21.4. The second-order valence-electron chi connectivity index (χ2n) is 9.28. The predicted molar refractivity (Wildman–Crippen MR) is 146 cm³/mol. The van der Waals surface area contributed by atoms with Crippen LogP contribution in [0.4, 0.5) is 11.4 Å². The van der Waals surface area contributed by atoms with Crippen molar-refractivity contribution in [2.24, 2.45) is 0 Å². The highest BCUT2D eigenvalue weighted by Gasteiger charge is 2.19. The van der Waals surface area contributed by atoms with Crippen molar-refractivity contribution in [3.8, 4) is 11.5 Å². The molecule has 1 aliphatic heterocycles. The molecule has 1 aliphatic rings. The van der Waals surface area contributed by atoms with Crippen LogP contribution in [0.15, 0.2) is 66.7 Å². The van der Waals surface area contributed by atoms with Crippen LogP contribution in [0.1, 0.15) is 43.0 Å². The molecule has 8 heteroatoms. The van der Waals surface area contributed by atoms with Gasteiger partial charge in [-0.25, -0.2) is 4.79 Å². The molecule has 0 radical (unpaired) electrons. The van der Waals surface area contributed by atoms with Crippen molar-refractivity contribution >= 4 is 28.4 Å². The fraction of sp³-hybridized carbons (Fsp3) is 0.345. The summed E-state index contributed by atoms with van der Waals surface area (Å²) in [5.74, 6) is 0.915. The summed E-state index contributed by atoms with van der Waals surface area (Å²) in [6.45, 7) is 6.69. The summed E-state index contributed by atoms with van der Waals surface area (Å²) in [6.07, 6.45) is 4.85. The molecule has 8 nitrogen and oxygen atoms in total. The molecular weight excluding hydrogens is 466 g/mol. The number of nitrogens with zero attached hydrogens (tertiary/aromatic N) is 4. The number of fused-ring (bicyclic) bond motifs is 1. The van der Waals surface area contributed by atoms with Gasteiger partial charge in [-0.15, -0.1) is 5.10 Å². The Bertz CT molecular complexity index is 1300. The molecule has 1 fully saturated rings. The average Bonchev–Trinajstić information content (AvgIpc) is 3.44. The van der Waals surface area contributed by atoms with E-state index in [9.17, 15) is 4.79 Å². The molecule has 0 unspecified atom stereocenters. The summed E-state index contributed by atoms with van der Waals surface area (Å²) < 4.78 is 11.5. The molecule has 0 aliphatic carbocycles. The fourth-order valence-electron chi connectivity index (χ4n) is 4.59. The van der Waals surface area contributed by atoms with E-state index in [4.69, 9.17) is 9.47 Å². The maximum atomic E-state index is 12.7. The number of ether oxygens (including phenoxy) is 2. The van der Waals surface area contributed by atoms with E-state index >= 15 is 0 Å². The van der Waals surface area contributed by atoms with Crippen molar-refractivity contribution in [2.45, 2.75) is 32.6 Å². The quantitative estimate of drug-likeness (QED) is 0.176. The zero-order valence-corrected chi connectivity index (χ0v) is 21.2. The highest BCUT2D eigenvalue weighted by molar-refractivity contribution is 5.93. The Morgan fingerprint density at radius 3 is 2.22 bits per heavy atom. The van der Waals surface area contributed by atoms with Crippen LogP contribution in [0.3, 0.4) is 0 Å². The summed E-state index contributed by atoms with van der Waals surface area (Å²) >= 11 is 0. The van der Waals surface area contributed by atoms with Gasteiger partial charge in [0.15, 0.2) is 11.3 Å². The van der Waals surface area contributed by atoms with Gasteiger partial charge in [0, 0.05) is 37.6 Å². The number of hydrogen-bond acceptors (Lipinski definition) is 7. The molecule has 3 aromatic carbocycles. The number of carbonyl (C=O) groups excluding carboxylic acids is 1. The summed E-state index contributed by atoms with van der Waals surface area (Å²) in [5.41, 5.74) is 4.08. The molecule has 37 heavy (non-hydrogen) atoms. The zero-order chi connectivity index (χ0) is 25.5. The van der Waals surface area contributed by atoms with Gasteiger partial charge >= 0.3 is 5.97 Å². The molecule has 0 bridgehead atoms. The Labute approximate surface area is 217 Å². The molecule has 5 rings (SSSR count). The lowest BCUT2D eigenvalue weighted by Gasteiger charge is -2.37. The first kappa shape index (κ1) is 24.6. The number of hydrogen-bond donors (Lipinski definition) is 1. The minimum Gasteiger partial charge on any atom is -0.494 e. The molecule has 4 aromatic rings. The van der Waals surface area contributed by atoms with Crippen LogP contribution >= 0.6 is 0 Å². The monoisotopic (exact) mass is 499 g/mol. The number of benzene rings is 3. The number of aromatic amines is 1. The van der Waals surface area contributed by atoms with Crippen LogP contribution in [0.2, 0.25) is 0 Å². The van der Waals surface area contributed by atoms with E-state index in [-0.39, 0.29) is 0 Å². The molecule has 1 saturated heterocycles. The number of rotatable bonds is 10. The topological polar surface area (TPSA) is 83.6 Å². The molecule has 1 aromatic heterocycles. The van der Waals surface area contributed by atoms with Crippen LogP contribution < -0.4 is 19.3 Å². The summed E-state index contributed by atoms with van der Waals surface area (Å²) in [4.78, 5) is 17.4. The fourth-order valence-corrected chi connectivity index (χ4v) is 4.59. The van der Waals surface area contributed by atoms with Crippen LogP contribution in [-0.2, 0) is 0 Å². The van der Waals surface area contributed by atoms with Gasteiger partial charge in [-0.3, -0.25) is 5.10 Å². The van der Waals surface area contributed by atoms with Crippen molar-refractivity contribution in [1.29, 1.82) is 0 Å². The van der Waals surface area contributed by atoms with E-state index in [2.05, 4.69) is 56.4 Å². The minimum absolute atomic E-state index is 0.392. The summed E-state index contributed by atoms with van der Waals surface area (Å²) in [5, 5.41) is 10.5. The first-order valence-electron chi connectivity index (χ1n) is 13.1. The van der Waals surface area contributed by atoms with E-state index in [1.165, 1.54) is 24.9 Å². The first-order chi connectivity index (χ1) is 18.2. The normalized spacial score (nSPS) is 13.6. The Balaban J connectivity index is 1.11. The number of piperazine rings is 1. The van der Waals surface area contributed by atoms with Crippen molar-refractivity contribution in [3.63, 3.8) is 0 Å². The largest absolute Gasteiger partial charge is 0.494 e. The Hall–Kier alpha value is -4.07. The van der Waals surface area contributed by atoms with Crippen molar-refractivity contribution in [1.82, 2.24) is 15.4 Å². The van der Waals surface area contributed by atoms with E-state index in [1.807, 2.05) is 30.3 Å². The maximum absolute atomic E-state index is 12.7. The molecule has 0 amide bonds. The number of anilines is 2. The van der Waals surface area contributed by atoms with Gasteiger partial charge in [-0.2, -0.15) is 0 Å². The number of aromatic nitrogens is 3. The van der Waals surface area contributed by atoms with Crippen molar-refractivity contribution < 1.29 is 14.3 Å². The minimum atomic E-state index is -0.416. The number of H-pyrrole nitrogens is 1. The maximum Gasteiger partial charge on any atom is 0.343 e. The zero-order valence-electron chi connectivity index (χ0n) is 21.2. The third kappa shape index (κ3) is 6.02. The smallest absolute Gasteiger partial charge is 0.343 e. The van der Waals surface area contributed by atoms with Gasteiger partial charge in [-0.05, 0) is 67.1 Å². The Kier molecular flexibility index (Phi) is 7.84. The van der Waals surface area contributed by atoms with Gasteiger partial charge < -0.3 is 19.3 Å². The lowest BCUT2D eigenvalue weighted by Crippen LogP contribution is -2.46. The van der Waals surface area contributed by atoms with E-state index in [0.717, 1.165) is 56.2 Å². The third-order valence-electron chi connectivity index (χ3n) is 6.74. The lowest BCUT2D eigenvalue weighted by molar-refractivity contribution is 0.0737. The first-order valence-corrected chi connectivity index (χ1v) is 13.1. The molecule has 0 atom stereocenters. The molecule has 2 heterocycles. The van der Waals surface area contributed by atoms with Crippen LogP contribution in [0.25, 0.3) is 11.0 Å². The number of esters is 1.